The molecule has 3 aromatic carbocycles. The number of carbonyl (C=O) groups is 3. The summed E-state index contributed by atoms with van der Waals surface area (Å²) in [6.45, 7) is 0.918. The summed E-state index contributed by atoms with van der Waals surface area (Å²) in [5.74, 6) is -0.243. The first kappa shape index (κ1) is 21.4. The van der Waals surface area contributed by atoms with Gasteiger partial charge in [0.25, 0.3) is 5.91 Å². The molecule has 3 amide bonds. The lowest BCUT2D eigenvalue weighted by molar-refractivity contribution is -0.126. The molecule has 1 unspecified atom stereocenters. The highest BCUT2D eigenvalue weighted by Gasteiger charge is 2.35. The van der Waals surface area contributed by atoms with Gasteiger partial charge in [-0.05, 0) is 35.0 Å². The standard InChI is InChI=1S/C25H25N3O4/c1-32-22-8-4-7-21(15-22)28-16-20(14-23(28)29)25(31)27-12-11-26-24(30)19-10-9-17-5-2-3-6-18(17)13-19/h2-10,13,15,20H,11-12,14,16H2,1H3,(H,26,30)(H,27,31). The van der Waals surface area contributed by atoms with Crippen LogP contribution in [0.1, 0.15) is 16.8 Å². The van der Waals surface area contributed by atoms with Crippen LogP contribution in [0.3, 0.4) is 0 Å². The number of nitrogens with zero attached hydrogens (tertiary/aromatic N) is 1. The Morgan fingerprint density at radius 1 is 0.969 bits per heavy atom. The number of hydrogen-bond donors (Lipinski definition) is 2. The molecule has 7 heteroatoms. The summed E-state index contributed by atoms with van der Waals surface area (Å²) in [5.41, 5.74) is 1.29. The Morgan fingerprint density at radius 3 is 2.56 bits per heavy atom. The molecule has 0 radical (unpaired) electrons. The van der Waals surface area contributed by atoms with E-state index in [1.165, 1.54) is 0 Å². The molecule has 0 saturated carbocycles. The summed E-state index contributed by atoms with van der Waals surface area (Å²) in [6.07, 6.45) is 0.159. The Hall–Kier alpha value is -3.87. The second-order valence-corrected chi connectivity index (χ2v) is 7.72. The van der Waals surface area contributed by atoms with Crippen LogP contribution in [0, 0.1) is 5.92 Å². The molecule has 1 heterocycles. The second-order valence-electron chi connectivity index (χ2n) is 7.72. The van der Waals surface area contributed by atoms with E-state index in [9.17, 15) is 14.4 Å². The van der Waals surface area contributed by atoms with E-state index < -0.39 is 5.92 Å². The van der Waals surface area contributed by atoms with Crippen molar-refractivity contribution in [1.82, 2.24) is 10.6 Å². The van der Waals surface area contributed by atoms with Crippen molar-refractivity contribution in [3.8, 4) is 5.75 Å². The highest BCUT2D eigenvalue weighted by atomic mass is 16.5. The topological polar surface area (TPSA) is 87.7 Å². The highest BCUT2D eigenvalue weighted by Crippen LogP contribution is 2.27. The molecule has 3 aromatic rings. The zero-order valence-electron chi connectivity index (χ0n) is 17.8. The first-order chi connectivity index (χ1) is 15.5. The van der Waals surface area contributed by atoms with E-state index in [0.717, 1.165) is 10.8 Å². The van der Waals surface area contributed by atoms with Crippen molar-refractivity contribution in [2.45, 2.75) is 6.42 Å². The molecular formula is C25H25N3O4. The largest absolute Gasteiger partial charge is 0.497 e. The fourth-order valence-electron chi connectivity index (χ4n) is 3.85. The zero-order valence-corrected chi connectivity index (χ0v) is 17.8. The number of carbonyl (C=O) groups excluding carboxylic acids is 3. The van der Waals surface area contributed by atoms with E-state index in [-0.39, 0.29) is 24.1 Å². The van der Waals surface area contributed by atoms with Gasteiger partial charge in [-0.25, -0.2) is 0 Å². The number of hydrogen-bond acceptors (Lipinski definition) is 4. The summed E-state index contributed by atoms with van der Waals surface area (Å²) < 4.78 is 5.21. The van der Waals surface area contributed by atoms with E-state index in [0.29, 0.717) is 36.6 Å². The predicted molar refractivity (Wildman–Crippen MR) is 123 cm³/mol. The Morgan fingerprint density at radius 2 is 1.75 bits per heavy atom. The van der Waals surface area contributed by atoms with E-state index in [2.05, 4.69) is 10.6 Å². The van der Waals surface area contributed by atoms with Crippen molar-refractivity contribution in [2.24, 2.45) is 5.92 Å². The van der Waals surface area contributed by atoms with Crippen molar-refractivity contribution in [2.75, 3.05) is 31.6 Å². The predicted octanol–water partition coefficient (Wildman–Crippen LogP) is 2.75. The van der Waals surface area contributed by atoms with Crippen LogP contribution in [0.2, 0.25) is 0 Å². The number of anilines is 1. The van der Waals surface area contributed by atoms with Gasteiger partial charge in [0.05, 0.1) is 13.0 Å². The van der Waals surface area contributed by atoms with Gasteiger partial charge in [-0.3, -0.25) is 14.4 Å². The molecule has 0 aromatic heterocycles. The Bertz CT molecular complexity index is 1160. The Labute approximate surface area is 186 Å². The number of rotatable bonds is 7. The van der Waals surface area contributed by atoms with Gasteiger partial charge >= 0.3 is 0 Å². The number of fused-ring (bicyclic) bond motifs is 1. The maximum Gasteiger partial charge on any atom is 0.251 e. The average molecular weight is 431 g/mol. The Balaban J connectivity index is 1.25. The molecule has 1 atom stereocenters. The lowest BCUT2D eigenvalue weighted by Crippen LogP contribution is -2.38. The van der Waals surface area contributed by atoms with Crippen molar-refractivity contribution in [3.05, 3.63) is 72.3 Å². The number of amides is 3. The summed E-state index contributed by atoms with van der Waals surface area (Å²) in [6, 6.07) is 20.6. The fourth-order valence-corrected chi connectivity index (χ4v) is 3.85. The van der Waals surface area contributed by atoms with Gasteiger partial charge in [0.15, 0.2) is 0 Å². The lowest BCUT2D eigenvalue weighted by Gasteiger charge is -2.17. The number of benzene rings is 3. The summed E-state index contributed by atoms with van der Waals surface area (Å²) in [4.78, 5) is 38.9. The quantitative estimate of drug-likeness (QED) is 0.563. The van der Waals surface area contributed by atoms with Crippen LogP contribution in [0.4, 0.5) is 5.69 Å². The third-order valence-corrected chi connectivity index (χ3v) is 5.58. The maximum atomic E-state index is 12.5. The van der Waals surface area contributed by atoms with Gasteiger partial charge in [0, 0.05) is 43.4 Å². The fraction of sp³-hybridized carbons (Fsp3) is 0.240. The van der Waals surface area contributed by atoms with Gasteiger partial charge in [-0.2, -0.15) is 0 Å². The smallest absolute Gasteiger partial charge is 0.251 e. The minimum Gasteiger partial charge on any atom is -0.497 e. The van der Waals surface area contributed by atoms with Crippen LogP contribution in [-0.4, -0.2) is 44.5 Å². The highest BCUT2D eigenvalue weighted by molar-refractivity contribution is 6.00. The molecule has 1 aliphatic rings. The first-order valence-corrected chi connectivity index (χ1v) is 10.5. The third kappa shape index (κ3) is 4.72. The summed E-state index contributed by atoms with van der Waals surface area (Å²) >= 11 is 0. The van der Waals surface area contributed by atoms with Crippen molar-refractivity contribution < 1.29 is 19.1 Å². The van der Waals surface area contributed by atoms with Crippen LogP contribution in [0.15, 0.2) is 66.7 Å². The minimum atomic E-state index is -0.426. The van der Waals surface area contributed by atoms with E-state index >= 15 is 0 Å². The second kappa shape index (κ2) is 9.51. The van der Waals surface area contributed by atoms with Gasteiger partial charge < -0.3 is 20.3 Å². The molecule has 0 spiro atoms. The van der Waals surface area contributed by atoms with Crippen LogP contribution in [-0.2, 0) is 9.59 Å². The van der Waals surface area contributed by atoms with Crippen LogP contribution in [0.25, 0.3) is 10.8 Å². The number of nitrogens with one attached hydrogen (secondary N) is 2. The van der Waals surface area contributed by atoms with E-state index in [4.69, 9.17) is 4.74 Å². The SMILES string of the molecule is COc1cccc(N2CC(C(=O)NCCNC(=O)c3ccc4ccccc4c3)CC2=O)c1. The van der Waals surface area contributed by atoms with Gasteiger partial charge in [0.1, 0.15) is 5.75 Å². The normalized spacial score (nSPS) is 15.6. The molecule has 1 aliphatic heterocycles. The Kier molecular flexibility index (Phi) is 6.35. The van der Waals surface area contributed by atoms with Gasteiger partial charge in [-0.1, -0.05) is 36.4 Å². The summed E-state index contributed by atoms with van der Waals surface area (Å²) in [5, 5.41) is 7.71. The molecular weight excluding hydrogens is 406 g/mol. The molecule has 7 nitrogen and oxygen atoms in total. The molecule has 0 aliphatic carbocycles. The molecule has 164 valence electrons. The summed E-state index contributed by atoms with van der Waals surface area (Å²) in [7, 11) is 1.57. The molecule has 4 rings (SSSR count). The first-order valence-electron chi connectivity index (χ1n) is 10.5. The van der Waals surface area contributed by atoms with E-state index in [1.807, 2.05) is 48.5 Å². The van der Waals surface area contributed by atoms with Crippen LogP contribution >= 0.6 is 0 Å². The minimum absolute atomic E-state index is 0.0944. The molecule has 2 N–H and O–H groups in total. The van der Waals surface area contributed by atoms with Crippen molar-refractivity contribution >= 4 is 34.2 Å². The number of methoxy groups -OCH3 is 1. The monoisotopic (exact) mass is 431 g/mol. The molecule has 0 bridgehead atoms. The lowest BCUT2D eigenvalue weighted by atomic mass is 10.1. The van der Waals surface area contributed by atoms with Gasteiger partial charge in [0.2, 0.25) is 11.8 Å². The number of ether oxygens (including phenoxy) is 1. The molecule has 1 fully saturated rings. The average Bonchev–Trinajstić information content (AvgIpc) is 3.23. The van der Waals surface area contributed by atoms with E-state index in [1.54, 1.807) is 30.2 Å². The third-order valence-electron chi connectivity index (χ3n) is 5.58. The van der Waals surface area contributed by atoms with Crippen LogP contribution in [0.5, 0.6) is 5.75 Å². The van der Waals surface area contributed by atoms with Gasteiger partial charge in [-0.15, -0.1) is 0 Å². The van der Waals surface area contributed by atoms with Crippen LogP contribution < -0.4 is 20.3 Å². The maximum absolute atomic E-state index is 12.5. The van der Waals surface area contributed by atoms with Crippen molar-refractivity contribution in [3.63, 3.8) is 0 Å². The molecule has 32 heavy (non-hydrogen) atoms. The van der Waals surface area contributed by atoms with Crippen molar-refractivity contribution in [1.29, 1.82) is 0 Å². The zero-order chi connectivity index (χ0) is 22.5. The molecule has 1 saturated heterocycles.